The molecule has 102 valence electrons. The third kappa shape index (κ3) is 2.99. The maximum atomic E-state index is 12.3. The van der Waals surface area contributed by atoms with E-state index in [2.05, 4.69) is 24.3 Å². The van der Waals surface area contributed by atoms with Gasteiger partial charge in [0.25, 0.3) is 0 Å². The van der Waals surface area contributed by atoms with Crippen LogP contribution in [0.4, 0.5) is 0 Å². The molecule has 0 amide bonds. The molecule has 2 aromatic rings. The summed E-state index contributed by atoms with van der Waals surface area (Å²) in [6, 6.07) is 20.7. The Morgan fingerprint density at radius 1 is 0.850 bits per heavy atom. The van der Waals surface area contributed by atoms with Crippen LogP contribution < -0.4 is 8.92 Å². The van der Waals surface area contributed by atoms with Crippen molar-refractivity contribution in [3.63, 3.8) is 0 Å². The van der Waals surface area contributed by atoms with Gasteiger partial charge in [-0.25, -0.2) is 0 Å². The fourth-order valence-corrected chi connectivity index (χ4v) is 8.90. The molecule has 2 nitrogen and oxygen atoms in total. The van der Waals surface area contributed by atoms with Gasteiger partial charge in [-0.3, -0.25) is 0 Å². The van der Waals surface area contributed by atoms with Crippen LogP contribution in [-0.4, -0.2) is 42.5 Å². The zero-order chi connectivity index (χ0) is 13.8. The van der Waals surface area contributed by atoms with E-state index in [1.54, 1.807) is 0 Å². The molecule has 1 heterocycles. The Labute approximate surface area is 131 Å². The number of cyclic esters (lactones) is 1. The number of benzene rings is 2. The summed E-state index contributed by atoms with van der Waals surface area (Å²) in [5, 5.41) is 0. The first kappa shape index (κ1) is 13.9. The normalized spacial score (nSPS) is 16.9. The Bertz CT molecular complexity index is 542. The van der Waals surface area contributed by atoms with E-state index in [0.717, 1.165) is 6.42 Å². The van der Waals surface area contributed by atoms with Gasteiger partial charge in [0.2, 0.25) is 0 Å². The fraction of sp³-hybridized carbons (Fsp3) is 0.188. The molecule has 0 radical (unpaired) electrons. The third-order valence-electron chi connectivity index (χ3n) is 3.03. The molecule has 0 unspecified atom stereocenters. The number of hydrogen-bond acceptors (Lipinski definition) is 2. The van der Waals surface area contributed by atoms with Gasteiger partial charge >= 0.3 is 131 Å². The van der Waals surface area contributed by atoms with Crippen molar-refractivity contribution in [2.24, 2.45) is 0 Å². The Balaban J connectivity index is 1.87. The Hall–Kier alpha value is -1.05. The van der Waals surface area contributed by atoms with E-state index in [1.165, 1.54) is 8.92 Å². The fourth-order valence-electron chi connectivity index (χ4n) is 2.05. The summed E-state index contributed by atoms with van der Waals surface area (Å²) in [6.45, 7) is 0.571. The van der Waals surface area contributed by atoms with Crippen molar-refractivity contribution in [2.75, 3.05) is 6.61 Å². The van der Waals surface area contributed by atoms with Crippen molar-refractivity contribution in [2.45, 2.75) is 9.63 Å². The van der Waals surface area contributed by atoms with Gasteiger partial charge in [0, 0.05) is 0 Å². The molecule has 0 saturated carbocycles. The number of ether oxygens (including phenoxy) is 1. The number of carbonyl (C=O) groups is 1. The van der Waals surface area contributed by atoms with Gasteiger partial charge in [-0.15, -0.1) is 0 Å². The van der Waals surface area contributed by atoms with Gasteiger partial charge in [0.15, 0.2) is 0 Å². The van der Waals surface area contributed by atoms with Crippen LogP contribution in [0.5, 0.6) is 0 Å². The van der Waals surface area contributed by atoms with Gasteiger partial charge in [-0.2, -0.15) is 0 Å². The Morgan fingerprint density at radius 3 is 1.75 bits per heavy atom. The van der Waals surface area contributed by atoms with Crippen LogP contribution in [-0.2, 0) is 9.53 Å². The quantitative estimate of drug-likeness (QED) is 0.572. The molecule has 1 aliphatic heterocycles. The molecule has 2 aromatic carbocycles. The van der Waals surface area contributed by atoms with Crippen molar-refractivity contribution in [1.29, 1.82) is 0 Å². The molecule has 1 fully saturated rings. The van der Waals surface area contributed by atoms with E-state index >= 15 is 0 Å². The first-order chi connectivity index (χ1) is 9.78. The van der Waals surface area contributed by atoms with Crippen molar-refractivity contribution in [1.82, 2.24) is 0 Å². The first-order valence-corrected chi connectivity index (χ1v) is 9.86. The van der Waals surface area contributed by atoms with E-state index in [-0.39, 0.29) is 39.1 Å². The molecule has 3 rings (SSSR count). The molecule has 0 spiro atoms. The third-order valence-corrected chi connectivity index (χ3v) is 9.91. The van der Waals surface area contributed by atoms with Gasteiger partial charge < -0.3 is 0 Å². The number of hydrogen-bond donors (Lipinski definition) is 0. The molecule has 0 aromatic heterocycles. The molecule has 20 heavy (non-hydrogen) atoms. The zero-order valence-corrected chi connectivity index (χ0v) is 14.2. The number of esters is 1. The molecular weight excluding hydrogens is 382 g/mol. The summed E-state index contributed by atoms with van der Waals surface area (Å²) < 4.78 is 7.58. The zero-order valence-electron chi connectivity index (χ0n) is 10.8. The first-order valence-electron chi connectivity index (χ1n) is 6.44. The maximum absolute atomic E-state index is 12.3. The second-order valence-electron chi connectivity index (χ2n) is 4.47. The van der Waals surface area contributed by atoms with E-state index in [4.69, 9.17) is 4.74 Å². The summed E-state index contributed by atoms with van der Waals surface area (Å²) in [5.74, 6) is 0.00482. The monoisotopic (exact) mass is 398 g/mol. The SMILES string of the molecule is O=C1OCCC1([Se]c1ccccc1)[Se]c1ccccc1. The predicted molar refractivity (Wildman–Crippen MR) is 81.9 cm³/mol. The Morgan fingerprint density at radius 2 is 1.35 bits per heavy atom. The van der Waals surface area contributed by atoms with Crippen molar-refractivity contribution in [3.8, 4) is 0 Å². The van der Waals surface area contributed by atoms with Crippen molar-refractivity contribution < 1.29 is 9.53 Å². The minimum absolute atomic E-state index is 0.00482. The average molecular weight is 396 g/mol. The van der Waals surface area contributed by atoms with Crippen LogP contribution in [0.25, 0.3) is 0 Å². The van der Waals surface area contributed by atoms with E-state index < -0.39 is 0 Å². The Kier molecular flexibility index (Phi) is 4.28. The molecule has 0 bridgehead atoms. The van der Waals surface area contributed by atoms with Crippen LogP contribution >= 0.6 is 0 Å². The topological polar surface area (TPSA) is 26.3 Å². The van der Waals surface area contributed by atoms with Crippen LogP contribution in [0.2, 0.25) is 3.21 Å². The van der Waals surface area contributed by atoms with Gasteiger partial charge in [0.05, 0.1) is 0 Å². The number of rotatable bonds is 4. The summed E-state index contributed by atoms with van der Waals surface area (Å²) >= 11 is 0.245. The van der Waals surface area contributed by atoms with Gasteiger partial charge in [0.1, 0.15) is 0 Å². The second-order valence-corrected chi connectivity index (χ2v) is 11.5. The van der Waals surface area contributed by atoms with Crippen LogP contribution in [0.15, 0.2) is 60.7 Å². The molecular formula is C16H14O2Se2. The van der Waals surface area contributed by atoms with Gasteiger partial charge in [-0.05, 0) is 0 Å². The standard InChI is InChI=1S/C16H14O2Se2/c17-15-16(11-12-18-15,19-13-7-3-1-4-8-13)20-14-9-5-2-6-10-14/h1-10H,11-12H2. The van der Waals surface area contributed by atoms with Gasteiger partial charge in [-0.1, -0.05) is 0 Å². The van der Waals surface area contributed by atoms with E-state index in [0.29, 0.717) is 6.61 Å². The summed E-state index contributed by atoms with van der Waals surface area (Å²) in [7, 11) is 0. The second kappa shape index (κ2) is 6.15. The van der Waals surface area contributed by atoms with Crippen molar-refractivity contribution in [3.05, 3.63) is 60.7 Å². The van der Waals surface area contributed by atoms with Crippen molar-refractivity contribution >= 4 is 44.8 Å². The van der Waals surface area contributed by atoms with Crippen LogP contribution in [0.3, 0.4) is 0 Å². The van der Waals surface area contributed by atoms with E-state index in [9.17, 15) is 4.79 Å². The number of carbonyl (C=O) groups excluding carboxylic acids is 1. The summed E-state index contributed by atoms with van der Waals surface area (Å²) in [4.78, 5) is 12.3. The summed E-state index contributed by atoms with van der Waals surface area (Å²) in [5.41, 5.74) is 0. The minimum atomic E-state index is -0.275. The predicted octanol–water partition coefficient (Wildman–Crippen LogP) is 1.11. The van der Waals surface area contributed by atoms with Crippen LogP contribution in [0, 0.1) is 0 Å². The molecule has 4 heteroatoms. The molecule has 0 atom stereocenters. The average Bonchev–Trinajstić information content (AvgIpc) is 2.82. The molecule has 0 N–H and O–H groups in total. The molecule has 0 aliphatic carbocycles. The van der Waals surface area contributed by atoms with E-state index in [1.807, 2.05) is 36.4 Å². The molecule has 1 saturated heterocycles. The summed E-state index contributed by atoms with van der Waals surface area (Å²) in [6.07, 6.45) is 0.857. The van der Waals surface area contributed by atoms with Crippen LogP contribution in [0.1, 0.15) is 6.42 Å². The molecule has 1 aliphatic rings.